The third kappa shape index (κ3) is 12.9. The van der Waals surface area contributed by atoms with E-state index in [9.17, 15) is 37.6 Å². The average molecular weight is 1180 g/mol. The van der Waals surface area contributed by atoms with Crippen molar-refractivity contribution < 1.29 is 42.3 Å². The van der Waals surface area contributed by atoms with Gasteiger partial charge in [-0.15, -0.1) is 0 Å². The predicted molar refractivity (Wildman–Crippen MR) is 322 cm³/mol. The molecule has 0 spiro atoms. The quantitative estimate of drug-likeness (QED) is 0.0201. The number of rotatable bonds is 20. The van der Waals surface area contributed by atoms with Crippen molar-refractivity contribution in [3.05, 3.63) is 136 Å². The number of hydrogen-bond acceptors (Lipinski definition) is 16. The van der Waals surface area contributed by atoms with Gasteiger partial charge in [-0.3, -0.25) is 49.8 Å². The highest BCUT2D eigenvalue weighted by molar-refractivity contribution is 7.90. The van der Waals surface area contributed by atoms with E-state index in [4.69, 9.17) is 16.3 Å². The Balaban J connectivity index is 0.673. The molecule has 3 aliphatic heterocycles. The SMILES string of the molecule is CC1(C)CCC(CN2CCN(c3ccc(C(=O)NS(=O)(=O)c4ccc(NC[C@H]5CC[C@@H](NCCCNc6cccc7c6C(=O)N(C6CCC(=O)NC6=O)C7=O)CC5)c(NO)c4)c(Oc4cnc5[nH]ccc5c4)c3)CC2)=C(c2ccc(Cl)cc2)C1. The van der Waals surface area contributed by atoms with Gasteiger partial charge in [-0.05, 0) is 154 Å². The van der Waals surface area contributed by atoms with Crippen LogP contribution in [0, 0.1) is 11.3 Å². The fraction of sp³-hybridized carbons (Fsp3) is 0.387. The van der Waals surface area contributed by atoms with Crippen LogP contribution in [0.5, 0.6) is 11.5 Å². The van der Waals surface area contributed by atoms with Gasteiger partial charge >= 0.3 is 0 Å². The van der Waals surface area contributed by atoms with Crippen molar-refractivity contribution in [2.75, 3.05) is 73.4 Å². The molecule has 3 fully saturated rings. The number of H-pyrrole nitrogens is 1. The van der Waals surface area contributed by atoms with Crippen molar-refractivity contribution in [1.29, 1.82) is 0 Å². The van der Waals surface area contributed by atoms with Crippen LogP contribution in [0.1, 0.15) is 115 Å². The molecule has 2 aromatic heterocycles. The zero-order valence-electron chi connectivity index (χ0n) is 47.1. The largest absolute Gasteiger partial charge is 0.455 e. The van der Waals surface area contributed by atoms with Crippen molar-refractivity contribution >= 4 is 90.5 Å². The van der Waals surface area contributed by atoms with Crippen molar-refractivity contribution in [3.8, 4) is 11.5 Å². The van der Waals surface area contributed by atoms with E-state index in [1.54, 1.807) is 54.9 Å². The Kier molecular flexibility index (Phi) is 17.1. The van der Waals surface area contributed by atoms with E-state index < -0.39 is 45.6 Å². The van der Waals surface area contributed by atoms with E-state index in [1.165, 1.54) is 28.8 Å². The molecule has 2 saturated heterocycles. The van der Waals surface area contributed by atoms with Crippen LogP contribution < -0.4 is 41.1 Å². The topological polar surface area (TPSA) is 260 Å². The van der Waals surface area contributed by atoms with Gasteiger partial charge in [0.1, 0.15) is 23.2 Å². The van der Waals surface area contributed by atoms with Gasteiger partial charge in [-0.2, -0.15) is 0 Å². The summed E-state index contributed by atoms with van der Waals surface area (Å²) in [6.45, 7) is 10.5. The number of piperazine rings is 1. The minimum absolute atomic E-state index is 0.00441. The summed E-state index contributed by atoms with van der Waals surface area (Å²) in [6, 6.07) is 25.5. The molecule has 5 amide bonds. The third-order valence-electron chi connectivity index (χ3n) is 17.0. The summed E-state index contributed by atoms with van der Waals surface area (Å²) in [7, 11) is -4.47. The Labute approximate surface area is 493 Å². The van der Waals surface area contributed by atoms with Gasteiger partial charge in [-0.25, -0.2) is 18.1 Å². The number of benzene rings is 4. The number of carbonyl (C=O) groups excluding carboxylic acids is 5. The van der Waals surface area contributed by atoms with Gasteiger partial charge in [-0.1, -0.05) is 49.2 Å². The molecular formula is C62H70ClN11O9S. The molecule has 2 aliphatic carbocycles. The highest BCUT2D eigenvalue weighted by Gasteiger charge is 2.46. The molecule has 440 valence electrons. The summed E-state index contributed by atoms with van der Waals surface area (Å²) in [6.07, 6.45) is 11.1. The maximum atomic E-state index is 14.2. The second kappa shape index (κ2) is 24.8. The highest BCUT2D eigenvalue weighted by Crippen LogP contribution is 2.44. The van der Waals surface area contributed by atoms with Gasteiger partial charge in [0.15, 0.2) is 0 Å². The molecule has 84 heavy (non-hydrogen) atoms. The Morgan fingerprint density at radius 2 is 1.64 bits per heavy atom. The molecule has 5 heterocycles. The van der Waals surface area contributed by atoms with Crippen LogP contribution in [-0.4, -0.2) is 127 Å². The number of aromatic amines is 1. The number of amides is 5. The normalized spacial score (nSPS) is 20.2. The van der Waals surface area contributed by atoms with Gasteiger partial charge in [0, 0.05) is 92.3 Å². The fourth-order valence-corrected chi connectivity index (χ4v) is 13.4. The number of piperidine rings is 1. The standard InChI is InChI=1S/C62H70ClN11O9S/c1-62(2)23-21-41(49(34-62)39-9-11-42(63)12-10-39)37-72-27-29-73(30-28-72)44-15-17-47(54(32-44)83-45-31-40-22-26-66-57(40)68-36-45)58(76)71-84(81,82)46-16-18-50(52(33-46)70-80)67-35-38-7-13-43(14-8-38)64-24-4-25-65-51-6-3-5-48-56(51)61(79)74(60(48)78)53-19-20-55(75)69-59(53)77/h3,5-6,9-12,15-18,22,26,31-33,36,38,43,53,64-65,67,70,80H,4,7-8,13-14,19-21,23-25,27-30,34-35,37H2,1-2H3,(H,66,68)(H,71,76)(H,69,75,77)/t38-,43+,53?. The maximum Gasteiger partial charge on any atom is 0.268 e. The first-order valence-corrected chi connectivity index (χ1v) is 30.7. The number of allylic oxidation sites excluding steroid dienone is 1. The van der Waals surface area contributed by atoms with Crippen LogP contribution in [-0.2, 0) is 19.6 Å². The zero-order chi connectivity index (χ0) is 58.7. The van der Waals surface area contributed by atoms with Crippen LogP contribution in [0.15, 0.2) is 114 Å². The van der Waals surface area contributed by atoms with Gasteiger partial charge < -0.3 is 30.6 Å². The van der Waals surface area contributed by atoms with E-state index in [0.29, 0.717) is 47.8 Å². The van der Waals surface area contributed by atoms with Crippen molar-refractivity contribution in [1.82, 2.24) is 35.1 Å². The van der Waals surface area contributed by atoms with Crippen LogP contribution in [0.4, 0.5) is 22.7 Å². The summed E-state index contributed by atoms with van der Waals surface area (Å²) in [5.74, 6) is -2.22. The average Bonchev–Trinajstić information content (AvgIpc) is 4.19. The number of pyridine rings is 1. The first-order chi connectivity index (χ1) is 40.5. The van der Waals surface area contributed by atoms with Crippen molar-refractivity contribution in [2.45, 2.75) is 95.0 Å². The molecule has 1 saturated carbocycles. The Morgan fingerprint density at radius 1 is 0.845 bits per heavy atom. The van der Waals surface area contributed by atoms with Crippen LogP contribution >= 0.6 is 11.6 Å². The Bertz CT molecular complexity index is 3650. The third-order valence-corrected chi connectivity index (χ3v) is 18.6. The summed E-state index contributed by atoms with van der Waals surface area (Å²) in [5.41, 5.74) is 9.55. The Morgan fingerprint density at radius 3 is 2.42 bits per heavy atom. The molecule has 20 nitrogen and oxygen atoms in total. The molecule has 4 aromatic carbocycles. The summed E-state index contributed by atoms with van der Waals surface area (Å²) in [4.78, 5) is 78.1. The van der Waals surface area contributed by atoms with Gasteiger partial charge in [0.05, 0.1) is 39.2 Å². The number of fused-ring (bicyclic) bond motifs is 2. The zero-order valence-corrected chi connectivity index (χ0v) is 48.6. The maximum absolute atomic E-state index is 14.2. The molecule has 1 unspecified atom stereocenters. The summed E-state index contributed by atoms with van der Waals surface area (Å²) >= 11 is 6.27. The molecule has 6 aromatic rings. The second-order valence-electron chi connectivity index (χ2n) is 23.3. The van der Waals surface area contributed by atoms with Crippen LogP contribution in [0.25, 0.3) is 16.6 Å². The molecule has 8 N–H and O–H groups in total. The number of hydrogen-bond donors (Lipinski definition) is 8. The number of ether oxygens (including phenoxy) is 1. The lowest BCUT2D eigenvalue weighted by atomic mass is 9.72. The van der Waals surface area contributed by atoms with Crippen LogP contribution in [0.3, 0.4) is 0 Å². The molecule has 11 rings (SSSR count). The molecule has 0 radical (unpaired) electrons. The number of aromatic nitrogens is 2. The van der Waals surface area contributed by atoms with E-state index in [1.807, 2.05) is 24.3 Å². The molecular weight excluding hydrogens is 1110 g/mol. The lowest BCUT2D eigenvalue weighted by Gasteiger charge is -2.39. The first kappa shape index (κ1) is 58.0. The lowest BCUT2D eigenvalue weighted by Crippen LogP contribution is -2.54. The molecule has 1 atom stereocenters. The monoisotopic (exact) mass is 1180 g/mol. The smallest absolute Gasteiger partial charge is 0.268 e. The van der Waals surface area contributed by atoms with Gasteiger partial charge in [0.2, 0.25) is 11.8 Å². The number of imide groups is 2. The molecule has 0 bridgehead atoms. The van der Waals surface area contributed by atoms with Crippen molar-refractivity contribution in [2.24, 2.45) is 11.3 Å². The minimum Gasteiger partial charge on any atom is -0.455 e. The second-order valence-corrected chi connectivity index (χ2v) is 25.4. The summed E-state index contributed by atoms with van der Waals surface area (Å²) in [5, 5.41) is 24.3. The Hall–Kier alpha value is -7.82. The number of carbonyl (C=O) groups is 5. The van der Waals surface area contributed by atoms with Gasteiger partial charge in [0.25, 0.3) is 27.7 Å². The molecule has 22 heteroatoms. The van der Waals surface area contributed by atoms with E-state index in [-0.39, 0.29) is 51.3 Å². The van der Waals surface area contributed by atoms with E-state index in [0.717, 1.165) is 112 Å². The van der Waals surface area contributed by atoms with E-state index >= 15 is 0 Å². The van der Waals surface area contributed by atoms with Crippen molar-refractivity contribution in [3.63, 3.8) is 0 Å². The number of halogens is 1. The number of anilines is 4. The minimum atomic E-state index is -4.47. The first-order valence-electron chi connectivity index (χ1n) is 28.9. The summed E-state index contributed by atoms with van der Waals surface area (Å²) < 4.78 is 36.6. The number of nitrogens with one attached hydrogen (secondary N) is 7. The van der Waals surface area contributed by atoms with Crippen LogP contribution in [0.2, 0.25) is 5.02 Å². The highest BCUT2D eigenvalue weighted by atomic mass is 35.5. The molecule has 5 aliphatic rings. The lowest BCUT2D eigenvalue weighted by molar-refractivity contribution is -0.136. The number of nitrogens with zero attached hydrogens (tertiary/aromatic N) is 4. The number of sulfonamides is 1. The predicted octanol–water partition coefficient (Wildman–Crippen LogP) is 9.18. The fourth-order valence-electron chi connectivity index (χ4n) is 12.3. The van der Waals surface area contributed by atoms with E-state index in [2.05, 4.69) is 77.2 Å².